The van der Waals surface area contributed by atoms with E-state index in [2.05, 4.69) is 0 Å². The molecule has 10 unspecified atom stereocenters. The van der Waals surface area contributed by atoms with E-state index in [1.165, 1.54) is 0 Å². The highest BCUT2D eigenvalue weighted by Gasteiger charge is 2.96. The number of aliphatic hydroxyl groups is 4. The Labute approximate surface area is 181 Å². The Morgan fingerprint density at radius 3 is 2.32 bits per heavy atom. The summed E-state index contributed by atoms with van der Waals surface area (Å²) in [6, 6.07) is 0. The van der Waals surface area contributed by atoms with E-state index >= 15 is 0 Å². The number of rotatable bonds is 0. The average Bonchev–Trinajstić information content (AvgIpc) is 3.36. The van der Waals surface area contributed by atoms with Crippen molar-refractivity contribution in [1.82, 2.24) is 0 Å². The van der Waals surface area contributed by atoms with E-state index in [9.17, 15) is 25.2 Å². The van der Waals surface area contributed by atoms with Gasteiger partial charge in [-0.05, 0) is 32.8 Å². The molecule has 8 nitrogen and oxygen atoms in total. The van der Waals surface area contributed by atoms with Crippen LogP contribution in [0.3, 0.4) is 0 Å². The summed E-state index contributed by atoms with van der Waals surface area (Å²) >= 11 is 0. The molecule has 10 atom stereocenters. The van der Waals surface area contributed by atoms with Gasteiger partial charge in [0.1, 0.15) is 17.8 Å². The number of carbonyl (C=O) groups excluding carboxylic acids is 1. The quantitative estimate of drug-likeness (QED) is 0.392. The van der Waals surface area contributed by atoms with E-state index in [-0.39, 0.29) is 13.0 Å². The molecule has 2 saturated heterocycles. The van der Waals surface area contributed by atoms with Gasteiger partial charge in [-0.25, -0.2) is 0 Å². The molecule has 172 valence electrons. The first kappa shape index (κ1) is 20.7. The number of Topliss-reactive ketones (excluding diaryl/α,β-unsaturated/α-hetero) is 1. The minimum atomic E-state index is -2.08. The number of carbonyl (C=O) groups is 1. The summed E-state index contributed by atoms with van der Waals surface area (Å²) in [6.07, 6.45) is -1.15. The fourth-order valence-electron chi connectivity index (χ4n) is 8.42. The SMILES string of the molecule is CC1=CC2C(O)(C1=O)C1OC(C)(C)OCC13OC3C13CC(O)(C(O)C(C)C21O)C3(C)C. The number of ether oxygens (including phenoxy) is 3. The lowest BCUT2D eigenvalue weighted by Gasteiger charge is -2.79. The van der Waals surface area contributed by atoms with E-state index in [0.717, 1.165) is 0 Å². The zero-order chi connectivity index (χ0) is 22.8. The summed E-state index contributed by atoms with van der Waals surface area (Å²) in [5.41, 5.74) is -7.96. The van der Waals surface area contributed by atoms with E-state index in [4.69, 9.17) is 14.2 Å². The Balaban J connectivity index is 1.66. The van der Waals surface area contributed by atoms with Gasteiger partial charge in [-0.1, -0.05) is 26.8 Å². The van der Waals surface area contributed by atoms with Gasteiger partial charge in [0.05, 0.1) is 23.9 Å². The summed E-state index contributed by atoms with van der Waals surface area (Å²) in [5, 5.41) is 47.3. The normalized spacial score (nSPS) is 62.3. The lowest BCUT2D eigenvalue weighted by atomic mass is 9.28. The lowest BCUT2D eigenvalue weighted by molar-refractivity contribution is -0.418. The van der Waals surface area contributed by atoms with Gasteiger partial charge < -0.3 is 34.6 Å². The van der Waals surface area contributed by atoms with Crippen LogP contribution in [0.5, 0.6) is 0 Å². The maximum Gasteiger partial charge on any atom is 0.193 e. The number of hydrogen-bond acceptors (Lipinski definition) is 8. The van der Waals surface area contributed by atoms with E-state index in [1.54, 1.807) is 33.8 Å². The Hall–Kier alpha value is -0.870. The summed E-state index contributed by atoms with van der Waals surface area (Å²) in [7, 11) is 0. The number of epoxide rings is 1. The molecule has 2 heterocycles. The molecule has 0 radical (unpaired) electrons. The molecule has 7 rings (SSSR count). The summed E-state index contributed by atoms with van der Waals surface area (Å²) in [4.78, 5) is 13.5. The van der Waals surface area contributed by atoms with Crippen molar-refractivity contribution < 1.29 is 39.4 Å². The maximum absolute atomic E-state index is 13.5. The van der Waals surface area contributed by atoms with Crippen molar-refractivity contribution in [3.8, 4) is 0 Å². The van der Waals surface area contributed by atoms with Gasteiger partial charge in [-0.15, -0.1) is 0 Å². The molecule has 0 aromatic rings. The van der Waals surface area contributed by atoms with Crippen molar-refractivity contribution in [1.29, 1.82) is 0 Å². The molecule has 6 fully saturated rings. The summed E-state index contributed by atoms with van der Waals surface area (Å²) in [5.74, 6) is -3.39. The molecule has 8 heteroatoms. The van der Waals surface area contributed by atoms with Gasteiger partial charge in [0.2, 0.25) is 0 Å². The van der Waals surface area contributed by atoms with Crippen molar-refractivity contribution in [2.45, 2.75) is 94.5 Å². The highest BCUT2D eigenvalue weighted by molar-refractivity contribution is 6.05. The van der Waals surface area contributed by atoms with Crippen LogP contribution in [0.25, 0.3) is 0 Å². The number of ketones is 1. The third-order valence-corrected chi connectivity index (χ3v) is 10.3. The van der Waals surface area contributed by atoms with Crippen LogP contribution >= 0.6 is 0 Å². The van der Waals surface area contributed by atoms with E-state index < -0.39 is 75.0 Å². The first-order chi connectivity index (χ1) is 14.1. The first-order valence-corrected chi connectivity index (χ1v) is 11.2. The molecule has 2 spiro atoms. The Morgan fingerprint density at radius 2 is 1.71 bits per heavy atom. The molecule has 0 amide bonds. The van der Waals surface area contributed by atoms with Crippen LogP contribution in [0.4, 0.5) is 0 Å². The van der Waals surface area contributed by atoms with Gasteiger partial charge in [-0.2, -0.15) is 0 Å². The fraction of sp³-hybridized carbons (Fsp3) is 0.870. The van der Waals surface area contributed by atoms with Crippen LogP contribution < -0.4 is 0 Å². The van der Waals surface area contributed by atoms with Crippen LogP contribution in [-0.2, 0) is 19.0 Å². The second-order valence-electron chi connectivity index (χ2n) is 11.9. The zero-order valence-corrected chi connectivity index (χ0v) is 18.8. The number of aliphatic hydroxyl groups excluding tert-OH is 1. The van der Waals surface area contributed by atoms with E-state index in [1.807, 2.05) is 13.8 Å². The third-order valence-electron chi connectivity index (χ3n) is 10.3. The number of fused-ring (bicyclic) bond motifs is 3. The molecule has 4 saturated carbocycles. The predicted octanol–water partition coefficient (Wildman–Crippen LogP) is 0.0545. The average molecular weight is 437 g/mol. The maximum atomic E-state index is 13.5. The standard InChI is InChI=1S/C23H32O8/c1-10-7-12-22(27,13(10)24)16-19(9-29-18(5,6)30-16)15(31-19)20-8-21(26,17(20,3)4)14(25)11(2)23(12,20)28/h7,11-12,14-16,25-28H,8-9H2,1-6H3. The smallest absolute Gasteiger partial charge is 0.193 e. The molecule has 31 heavy (non-hydrogen) atoms. The first-order valence-electron chi connectivity index (χ1n) is 11.2. The molecule has 0 aromatic heterocycles. The molecule has 2 bridgehead atoms. The van der Waals surface area contributed by atoms with Crippen LogP contribution in [0.2, 0.25) is 0 Å². The van der Waals surface area contributed by atoms with E-state index in [0.29, 0.717) is 5.57 Å². The van der Waals surface area contributed by atoms with Crippen molar-refractivity contribution in [2.24, 2.45) is 22.7 Å². The van der Waals surface area contributed by atoms with Gasteiger partial charge in [-0.3, -0.25) is 4.79 Å². The minimum absolute atomic E-state index is 0.0972. The van der Waals surface area contributed by atoms with Crippen LogP contribution in [0.1, 0.15) is 48.0 Å². The van der Waals surface area contributed by atoms with Gasteiger partial charge >= 0.3 is 0 Å². The van der Waals surface area contributed by atoms with Crippen LogP contribution in [-0.4, -0.2) is 79.3 Å². The third kappa shape index (κ3) is 1.68. The molecular formula is C23H32O8. The monoisotopic (exact) mass is 436 g/mol. The Morgan fingerprint density at radius 1 is 1.06 bits per heavy atom. The molecule has 5 aliphatic carbocycles. The number of hydrogen-bond donors (Lipinski definition) is 4. The fourth-order valence-corrected chi connectivity index (χ4v) is 8.42. The minimum Gasteiger partial charge on any atom is -0.390 e. The zero-order valence-electron chi connectivity index (χ0n) is 18.8. The van der Waals surface area contributed by atoms with Crippen molar-refractivity contribution >= 4 is 5.78 Å². The summed E-state index contributed by atoms with van der Waals surface area (Å²) < 4.78 is 18.4. The van der Waals surface area contributed by atoms with Gasteiger partial charge in [0.25, 0.3) is 0 Å². The second kappa shape index (κ2) is 4.97. The van der Waals surface area contributed by atoms with Gasteiger partial charge in [0, 0.05) is 22.7 Å². The Bertz CT molecular complexity index is 957. The summed E-state index contributed by atoms with van der Waals surface area (Å²) in [6.45, 7) is 10.5. The van der Waals surface area contributed by atoms with Gasteiger partial charge in [0.15, 0.2) is 17.2 Å². The molecule has 4 N–H and O–H groups in total. The van der Waals surface area contributed by atoms with Crippen molar-refractivity contribution in [3.05, 3.63) is 11.6 Å². The molecular weight excluding hydrogens is 404 g/mol. The van der Waals surface area contributed by atoms with Crippen LogP contribution in [0.15, 0.2) is 11.6 Å². The molecule has 2 aliphatic heterocycles. The van der Waals surface area contributed by atoms with Crippen molar-refractivity contribution in [3.63, 3.8) is 0 Å². The lowest BCUT2D eigenvalue weighted by Crippen LogP contribution is -2.89. The topological polar surface area (TPSA) is 129 Å². The molecule has 7 aliphatic rings. The molecule has 0 aromatic carbocycles. The van der Waals surface area contributed by atoms with Crippen LogP contribution in [0, 0.1) is 22.7 Å². The largest absolute Gasteiger partial charge is 0.390 e. The van der Waals surface area contributed by atoms with Crippen molar-refractivity contribution in [2.75, 3.05) is 6.61 Å². The highest BCUT2D eigenvalue weighted by atomic mass is 16.8. The second-order valence-corrected chi connectivity index (χ2v) is 11.9. The predicted molar refractivity (Wildman–Crippen MR) is 106 cm³/mol. The Kier molecular flexibility index (Phi) is 3.32. The highest BCUT2D eigenvalue weighted by Crippen LogP contribution is 2.83.